The van der Waals surface area contributed by atoms with Crippen LogP contribution in [0.25, 0.3) is 0 Å². The maximum Gasteiger partial charge on any atom is 0.573 e. The van der Waals surface area contributed by atoms with E-state index in [2.05, 4.69) is 28.9 Å². The lowest BCUT2D eigenvalue weighted by atomic mass is 10.1. The smallest absolute Gasteiger partial charge is 0.404 e. The molecule has 0 radical (unpaired) electrons. The Kier molecular flexibility index (Phi) is 4.47. The average Bonchev–Trinajstić information content (AvgIpc) is 2.78. The third kappa shape index (κ3) is 4.06. The third-order valence-electron chi connectivity index (χ3n) is 2.78. The summed E-state index contributed by atoms with van der Waals surface area (Å²) in [6, 6.07) is 5.95. The third-order valence-corrected chi connectivity index (χ3v) is 4.23. The molecule has 0 spiro atoms. The van der Waals surface area contributed by atoms with E-state index in [0.717, 1.165) is 0 Å². The van der Waals surface area contributed by atoms with E-state index in [0.29, 0.717) is 22.9 Å². The summed E-state index contributed by atoms with van der Waals surface area (Å²) in [5.41, 5.74) is 0.264. The molecule has 1 N–H and O–H groups in total. The lowest BCUT2D eigenvalue weighted by molar-refractivity contribution is -0.274. The molecule has 1 aliphatic heterocycles. The molecule has 20 heavy (non-hydrogen) atoms. The normalized spacial score (nSPS) is 19.1. The number of benzene rings is 1. The highest BCUT2D eigenvalue weighted by Gasteiger charge is 2.32. The molecule has 1 unspecified atom stereocenters. The van der Waals surface area contributed by atoms with Crippen LogP contribution in [0.2, 0.25) is 0 Å². The van der Waals surface area contributed by atoms with Gasteiger partial charge in [0.25, 0.3) is 0 Å². The number of nitrogens with zero attached hydrogens (tertiary/aromatic N) is 1. The van der Waals surface area contributed by atoms with Crippen molar-refractivity contribution in [2.45, 2.75) is 25.5 Å². The van der Waals surface area contributed by atoms with Crippen molar-refractivity contribution < 1.29 is 17.9 Å². The van der Waals surface area contributed by atoms with Crippen LogP contribution in [-0.2, 0) is 0 Å². The second kappa shape index (κ2) is 5.95. The molecule has 0 saturated heterocycles. The molecule has 0 amide bonds. The number of halogens is 3. The highest BCUT2D eigenvalue weighted by atomic mass is 32.2. The highest BCUT2D eigenvalue weighted by Crippen LogP contribution is 2.33. The van der Waals surface area contributed by atoms with Crippen molar-refractivity contribution in [3.05, 3.63) is 24.3 Å². The zero-order chi connectivity index (χ0) is 14.8. The molecule has 110 valence electrons. The van der Waals surface area contributed by atoms with E-state index in [9.17, 15) is 13.2 Å². The first-order chi connectivity index (χ1) is 9.35. The minimum atomic E-state index is -4.71. The van der Waals surface area contributed by atoms with Crippen molar-refractivity contribution in [3.63, 3.8) is 0 Å². The molecule has 1 aliphatic rings. The summed E-state index contributed by atoms with van der Waals surface area (Å²) < 4.78 is 40.9. The van der Waals surface area contributed by atoms with Crippen molar-refractivity contribution >= 4 is 22.6 Å². The molecule has 0 aliphatic carbocycles. The van der Waals surface area contributed by atoms with Gasteiger partial charge in [-0.1, -0.05) is 37.7 Å². The maximum absolute atomic E-state index is 12.3. The summed E-state index contributed by atoms with van der Waals surface area (Å²) in [6.07, 6.45) is -4.71. The Bertz CT molecular complexity index is 503. The number of hydrogen-bond donors (Lipinski definition) is 1. The lowest BCUT2D eigenvalue weighted by Gasteiger charge is -2.15. The van der Waals surface area contributed by atoms with Crippen LogP contribution in [0.4, 0.5) is 18.9 Å². The number of alkyl halides is 3. The van der Waals surface area contributed by atoms with Gasteiger partial charge in [0.1, 0.15) is 0 Å². The standard InChI is InChI=1S/C13H15F3N2OS/c1-8(2)11-7-17-12(20-11)18-9-5-3-4-6-10(9)19-13(14,15)16/h3-6,8,11H,7H2,1-2H3,(H,17,18). The Morgan fingerprint density at radius 1 is 1.35 bits per heavy atom. The Hall–Kier alpha value is -1.37. The van der Waals surface area contributed by atoms with Gasteiger partial charge in [0.15, 0.2) is 10.9 Å². The maximum atomic E-state index is 12.3. The number of nitrogens with one attached hydrogen (secondary N) is 1. The summed E-state index contributed by atoms with van der Waals surface area (Å²) >= 11 is 1.54. The van der Waals surface area contributed by atoms with Crippen LogP contribution < -0.4 is 10.1 Å². The number of anilines is 1. The molecule has 0 bridgehead atoms. The number of para-hydroxylation sites is 2. The SMILES string of the molecule is CC(C)C1CN=C(Nc2ccccc2OC(F)(F)F)S1. The summed E-state index contributed by atoms with van der Waals surface area (Å²) in [6.45, 7) is 4.86. The van der Waals surface area contributed by atoms with Gasteiger partial charge in [-0.3, -0.25) is 4.99 Å². The lowest BCUT2D eigenvalue weighted by Crippen LogP contribution is -2.19. The fourth-order valence-corrected chi connectivity index (χ4v) is 2.73. The number of rotatable bonds is 3. The first-order valence-corrected chi connectivity index (χ1v) is 7.06. The summed E-state index contributed by atoms with van der Waals surface area (Å²) in [4.78, 5) is 4.30. The van der Waals surface area contributed by atoms with Gasteiger partial charge in [-0.25, -0.2) is 0 Å². The van der Waals surface area contributed by atoms with Crippen LogP contribution in [0.3, 0.4) is 0 Å². The van der Waals surface area contributed by atoms with E-state index in [1.807, 2.05) is 0 Å². The van der Waals surface area contributed by atoms with Gasteiger partial charge in [-0.2, -0.15) is 0 Å². The van der Waals surface area contributed by atoms with Gasteiger partial charge in [0.2, 0.25) is 0 Å². The predicted molar refractivity (Wildman–Crippen MR) is 75.3 cm³/mol. The number of thioether (sulfide) groups is 1. The molecular formula is C13H15F3N2OS. The van der Waals surface area contributed by atoms with E-state index in [-0.39, 0.29) is 11.4 Å². The topological polar surface area (TPSA) is 33.6 Å². The summed E-state index contributed by atoms with van der Waals surface area (Å²) in [5.74, 6) is 0.209. The Balaban J connectivity index is 2.07. The minimum absolute atomic E-state index is 0.253. The number of amidine groups is 1. The van der Waals surface area contributed by atoms with Gasteiger partial charge >= 0.3 is 6.36 Å². The second-order valence-electron chi connectivity index (χ2n) is 4.72. The van der Waals surface area contributed by atoms with Gasteiger partial charge < -0.3 is 10.1 Å². The fraction of sp³-hybridized carbons (Fsp3) is 0.462. The van der Waals surface area contributed by atoms with Crippen molar-refractivity contribution in [2.24, 2.45) is 10.9 Å². The molecule has 0 fully saturated rings. The fourth-order valence-electron chi connectivity index (χ4n) is 1.71. The van der Waals surface area contributed by atoms with E-state index >= 15 is 0 Å². The van der Waals surface area contributed by atoms with Crippen LogP contribution >= 0.6 is 11.8 Å². The molecule has 1 heterocycles. The van der Waals surface area contributed by atoms with Crippen LogP contribution in [0.15, 0.2) is 29.3 Å². The number of ether oxygens (including phenoxy) is 1. The van der Waals surface area contributed by atoms with Gasteiger partial charge in [0, 0.05) is 5.25 Å². The van der Waals surface area contributed by atoms with E-state index in [1.165, 1.54) is 18.2 Å². The van der Waals surface area contributed by atoms with Gasteiger partial charge in [-0.05, 0) is 18.1 Å². The van der Waals surface area contributed by atoms with E-state index in [1.54, 1.807) is 17.8 Å². The van der Waals surface area contributed by atoms with Crippen LogP contribution in [0, 0.1) is 5.92 Å². The largest absolute Gasteiger partial charge is 0.573 e. The first kappa shape index (κ1) is 15.0. The summed E-state index contributed by atoms with van der Waals surface area (Å²) in [7, 11) is 0. The first-order valence-electron chi connectivity index (χ1n) is 6.18. The molecule has 2 rings (SSSR count). The highest BCUT2D eigenvalue weighted by molar-refractivity contribution is 8.15. The van der Waals surface area contributed by atoms with Crippen LogP contribution in [-0.4, -0.2) is 23.3 Å². The van der Waals surface area contributed by atoms with E-state index in [4.69, 9.17) is 0 Å². The molecule has 1 aromatic carbocycles. The molecule has 1 atom stereocenters. The van der Waals surface area contributed by atoms with E-state index < -0.39 is 6.36 Å². The zero-order valence-corrected chi connectivity index (χ0v) is 11.9. The average molecular weight is 304 g/mol. The Morgan fingerprint density at radius 2 is 2.05 bits per heavy atom. The minimum Gasteiger partial charge on any atom is -0.404 e. The Morgan fingerprint density at radius 3 is 2.65 bits per heavy atom. The molecule has 7 heteroatoms. The van der Waals surface area contributed by atoms with Crippen molar-refractivity contribution in [2.75, 3.05) is 11.9 Å². The van der Waals surface area contributed by atoms with Crippen molar-refractivity contribution in [1.82, 2.24) is 0 Å². The number of hydrogen-bond acceptors (Lipinski definition) is 4. The molecule has 0 saturated carbocycles. The van der Waals surface area contributed by atoms with Crippen molar-refractivity contribution in [3.8, 4) is 5.75 Å². The Labute approximate surface area is 119 Å². The zero-order valence-electron chi connectivity index (χ0n) is 11.1. The van der Waals surface area contributed by atoms with Gasteiger partial charge in [0.05, 0.1) is 12.2 Å². The van der Waals surface area contributed by atoms with Crippen LogP contribution in [0.1, 0.15) is 13.8 Å². The second-order valence-corrected chi connectivity index (χ2v) is 5.94. The molecule has 0 aromatic heterocycles. The van der Waals surface area contributed by atoms with Crippen LogP contribution in [0.5, 0.6) is 5.75 Å². The predicted octanol–water partition coefficient (Wildman–Crippen LogP) is 4.12. The van der Waals surface area contributed by atoms with Gasteiger partial charge in [-0.15, -0.1) is 13.2 Å². The molecular weight excluding hydrogens is 289 g/mol. The molecule has 3 nitrogen and oxygen atoms in total. The monoisotopic (exact) mass is 304 g/mol. The van der Waals surface area contributed by atoms with Crippen molar-refractivity contribution in [1.29, 1.82) is 0 Å². The number of aliphatic imine (C=N–C) groups is 1. The summed E-state index contributed by atoms with van der Waals surface area (Å²) in [5, 5.41) is 3.89. The molecule has 1 aromatic rings. The quantitative estimate of drug-likeness (QED) is 0.912.